The summed E-state index contributed by atoms with van der Waals surface area (Å²) in [6.45, 7) is 7.85. The van der Waals surface area contributed by atoms with Gasteiger partial charge in [0.1, 0.15) is 0 Å². The normalized spacial score (nSPS) is 11.4. The van der Waals surface area contributed by atoms with Gasteiger partial charge < -0.3 is 17.7 Å². The van der Waals surface area contributed by atoms with Crippen LogP contribution in [0.3, 0.4) is 0 Å². The fourth-order valence-electron chi connectivity index (χ4n) is 0.920. The summed E-state index contributed by atoms with van der Waals surface area (Å²) in [6.07, 6.45) is 0. The average Bonchev–Trinajstić information content (AvgIpc) is 2.03. The van der Waals surface area contributed by atoms with Gasteiger partial charge in [0.2, 0.25) is 0 Å². The highest BCUT2D eigenvalue weighted by atomic mass is 28.4. The third-order valence-electron chi connectivity index (χ3n) is 1.23. The van der Waals surface area contributed by atoms with E-state index < -0.39 is 15.0 Å². The fourth-order valence-corrected chi connectivity index (χ4v) is 2.76. The second kappa shape index (κ2) is 6.94. The lowest BCUT2D eigenvalue weighted by Crippen LogP contribution is -2.50. The zero-order valence-corrected chi connectivity index (χ0v) is 10.2. The summed E-state index contributed by atoms with van der Waals surface area (Å²) in [7, 11) is -3.21. The fraction of sp³-hybridized carbons (Fsp3) is 0.875. The van der Waals surface area contributed by atoms with Crippen molar-refractivity contribution in [1.29, 1.82) is 0 Å². The van der Waals surface area contributed by atoms with E-state index in [-0.39, 0.29) is 0 Å². The molecule has 0 rings (SSSR count). The predicted molar refractivity (Wildman–Crippen MR) is 52.4 cm³/mol. The first-order chi connectivity index (χ1) is 6.60. The molecule has 0 aromatic rings. The van der Waals surface area contributed by atoms with E-state index in [4.69, 9.17) is 17.7 Å². The highest BCUT2D eigenvalue weighted by Gasteiger charge is 2.48. The van der Waals surface area contributed by atoms with Gasteiger partial charge in [0.05, 0.1) is 0 Å². The van der Waals surface area contributed by atoms with Gasteiger partial charge in [0, 0.05) is 26.7 Å². The first kappa shape index (κ1) is 13.6. The summed E-state index contributed by atoms with van der Waals surface area (Å²) in [5.41, 5.74) is 0. The van der Waals surface area contributed by atoms with Gasteiger partial charge in [0.15, 0.2) is 0 Å². The molecule has 0 aliphatic carbocycles. The van der Waals surface area contributed by atoms with Crippen LogP contribution in [0.1, 0.15) is 27.7 Å². The minimum absolute atomic E-state index is 0.388. The van der Waals surface area contributed by atoms with Gasteiger partial charge in [0.25, 0.3) is 5.97 Å². The summed E-state index contributed by atoms with van der Waals surface area (Å²) < 4.78 is 20.8. The molecule has 0 unspecified atom stereocenters. The van der Waals surface area contributed by atoms with E-state index in [0.29, 0.717) is 19.8 Å². The van der Waals surface area contributed by atoms with Crippen LogP contribution in [-0.2, 0) is 22.5 Å². The molecule has 0 aliphatic heterocycles. The maximum atomic E-state index is 10.9. The molecule has 84 valence electrons. The van der Waals surface area contributed by atoms with Gasteiger partial charge in [-0.2, -0.15) is 0 Å². The van der Waals surface area contributed by atoms with E-state index in [0.717, 1.165) is 0 Å². The lowest BCUT2D eigenvalue weighted by Gasteiger charge is -2.25. The molecule has 0 aromatic carbocycles. The Kier molecular flexibility index (Phi) is 6.72. The van der Waals surface area contributed by atoms with Crippen molar-refractivity contribution in [1.82, 2.24) is 0 Å². The third kappa shape index (κ3) is 4.71. The Hall–Kier alpha value is -0.433. The number of carbonyl (C=O) groups excluding carboxylic acids is 1. The second-order valence-corrected chi connectivity index (χ2v) is 4.46. The van der Waals surface area contributed by atoms with Crippen LogP contribution in [-0.4, -0.2) is 34.8 Å². The molecule has 0 saturated heterocycles. The van der Waals surface area contributed by atoms with E-state index in [1.54, 1.807) is 20.8 Å². The van der Waals surface area contributed by atoms with Crippen LogP contribution in [0.5, 0.6) is 0 Å². The number of hydrogen-bond acceptors (Lipinski definition) is 5. The molecule has 0 amide bonds. The maximum absolute atomic E-state index is 10.9. The monoisotopic (exact) mass is 222 g/mol. The topological polar surface area (TPSA) is 54.0 Å². The lowest BCUT2D eigenvalue weighted by atomic mass is 10.9. The number of hydrogen-bond donors (Lipinski definition) is 0. The van der Waals surface area contributed by atoms with Crippen molar-refractivity contribution >= 4 is 15.0 Å². The van der Waals surface area contributed by atoms with Crippen LogP contribution < -0.4 is 0 Å². The van der Waals surface area contributed by atoms with Crippen molar-refractivity contribution in [2.24, 2.45) is 0 Å². The molecule has 0 fully saturated rings. The molecule has 14 heavy (non-hydrogen) atoms. The summed E-state index contributed by atoms with van der Waals surface area (Å²) in [5, 5.41) is 0. The van der Waals surface area contributed by atoms with Crippen LogP contribution in [0.25, 0.3) is 0 Å². The van der Waals surface area contributed by atoms with E-state index in [1.807, 2.05) is 0 Å². The molecule has 0 radical (unpaired) electrons. The SMILES string of the molecule is CCO[Si](OCC)(OCC)OC(C)=O. The smallest absolute Gasteiger partial charge is 0.452 e. The Morgan fingerprint density at radius 2 is 1.36 bits per heavy atom. The molecule has 0 saturated carbocycles. The number of carbonyl (C=O) groups is 1. The molecule has 0 N–H and O–H groups in total. The van der Waals surface area contributed by atoms with Crippen molar-refractivity contribution in [3.63, 3.8) is 0 Å². The van der Waals surface area contributed by atoms with Crippen LogP contribution >= 0.6 is 0 Å². The van der Waals surface area contributed by atoms with E-state index in [9.17, 15) is 4.79 Å². The van der Waals surface area contributed by atoms with E-state index in [2.05, 4.69) is 0 Å². The van der Waals surface area contributed by atoms with E-state index >= 15 is 0 Å². The molecular weight excluding hydrogens is 204 g/mol. The molecule has 0 bridgehead atoms. The molecule has 0 aliphatic rings. The Balaban J connectivity index is 4.45. The van der Waals surface area contributed by atoms with E-state index in [1.165, 1.54) is 6.92 Å². The first-order valence-electron chi connectivity index (χ1n) is 4.71. The Morgan fingerprint density at radius 1 is 1.00 bits per heavy atom. The summed E-state index contributed by atoms with van der Waals surface area (Å²) in [6, 6.07) is 0. The molecule has 6 heteroatoms. The molecule has 0 atom stereocenters. The molecule has 0 heterocycles. The van der Waals surface area contributed by atoms with Crippen molar-refractivity contribution in [2.75, 3.05) is 19.8 Å². The van der Waals surface area contributed by atoms with Gasteiger partial charge in [-0.3, -0.25) is 4.79 Å². The second-order valence-electron chi connectivity index (χ2n) is 2.39. The van der Waals surface area contributed by atoms with Gasteiger partial charge in [-0.1, -0.05) is 0 Å². The Labute approximate surface area is 85.8 Å². The zero-order valence-electron chi connectivity index (χ0n) is 9.16. The third-order valence-corrected chi connectivity index (χ3v) is 3.70. The van der Waals surface area contributed by atoms with Crippen molar-refractivity contribution < 1.29 is 22.5 Å². The highest BCUT2D eigenvalue weighted by molar-refractivity contribution is 6.55. The predicted octanol–water partition coefficient (Wildman–Crippen LogP) is 1.09. The maximum Gasteiger partial charge on any atom is 0.751 e. The van der Waals surface area contributed by atoms with Crippen molar-refractivity contribution in [3.05, 3.63) is 0 Å². The average molecular weight is 222 g/mol. The zero-order chi connectivity index (χ0) is 11.0. The standard InChI is InChI=1S/C8H18O5Si/c1-5-10-14(11-6-2,12-7-3)13-8(4)9/h5-7H2,1-4H3. The highest BCUT2D eigenvalue weighted by Crippen LogP contribution is 2.11. The van der Waals surface area contributed by atoms with Gasteiger partial charge in [-0.25, -0.2) is 0 Å². The minimum atomic E-state index is -3.21. The Bertz CT molecular complexity index is 156. The quantitative estimate of drug-likeness (QED) is 0.604. The van der Waals surface area contributed by atoms with Crippen LogP contribution in [0.2, 0.25) is 0 Å². The first-order valence-corrected chi connectivity index (χ1v) is 6.35. The lowest BCUT2D eigenvalue weighted by molar-refractivity contribution is -0.142. The van der Waals surface area contributed by atoms with Crippen LogP contribution in [0, 0.1) is 0 Å². The Morgan fingerprint density at radius 3 is 1.57 bits per heavy atom. The summed E-state index contributed by atoms with van der Waals surface area (Å²) in [5.74, 6) is -0.452. The molecule has 5 nitrogen and oxygen atoms in total. The van der Waals surface area contributed by atoms with Gasteiger partial charge in [-0.05, 0) is 20.8 Å². The van der Waals surface area contributed by atoms with Gasteiger partial charge >= 0.3 is 9.05 Å². The summed E-state index contributed by atoms with van der Waals surface area (Å²) >= 11 is 0. The molecule has 0 aromatic heterocycles. The largest absolute Gasteiger partial charge is 0.751 e. The van der Waals surface area contributed by atoms with Crippen LogP contribution in [0.4, 0.5) is 0 Å². The van der Waals surface area contributed by atoms with Crippen molar-refractivity contribution in [2.45, 2.75) is 27.7 Å². The summed E-state index contributed by atoms with van der Waals surface area (Å²) in [4.78, 5) is 10.9. The van der Waals surface area contributed by atoms with Crippen molar-refractivity contribution in [3.8, 4) is 0 Å². The molecular formula is C8H18O5Si. The van der Waals surface area contributed by atoms with Crippen LogP contribution in [0.15, 0.2) is 0 Å². The number of rotatable bonds is 7. The molecule has 0 spiro atoms. The van der Waals surface area contributed by atoms with Gasteiger partial charge in [-0.15, -0.1) is 0 Å². The minimum Gasteiger partial charge on any atom is -0.452 e.